The molecule has 1 aromatic rings. The van der Waals surface area contributed by atoms with Gasteiger partial charge < -0.3 is 9.84 Å². The second-order valence-electron chi connectivity index (χ2n) is 4.21. The summed E-state index contributed by atoms with van der Waals surface area (Å²) in [5.74, 6) is -9.01. The topological polar surface area (TPSA) is 29.5 Å². The van der Waals surface area contributed by atoms with E-state index in [0.717, 1.165) is 5.56 Å². The van der Waals surface area contributed by atoms with E-state index in [0.29, 0.717) is 6.42 Å². The highest BCUT2D eigenvalue weighted by molar-refractivity contribution is 5.27. The van der Waals surface area contributed by atoms with Crippen LogP contribution in [0.5, 0.6) is 0 Å². The van der Waals surface area contributed by atoms with Gasteiger partial charge in [0.1, 0.15) is 0 Å². The summed E-state index contributed by atoms with van der Waals surface area (Å²) in [7, 11) is 0. The first-order valence-corrected chi connectivity index (χ1v) is 5.48. The van der Waals surface area contributed by atoms with Crippen LogP contribution in [0.4, 0.5) is 17.6 Å². The van der Waals surface area contributed by atoms with E-state index in [2.05, 4.69) is 4.74 Å². The van der Waals surface area contributed by atoms with Crippen LogP contribution >= 0.6 is 0 Å². The minimum Gasteiger partial charge on any atom is -0.363 e. The summed E-state index contributed by atoms with van der Waals surface area (Å²) in [6.45, 7) is 1.88. The maximum Gasteiger partial charge on any atom is 0.362 e. The lowest BCUT2D eigenvalue weighted by atomic mass is 9.99. The summed E-state index contributed by atoms with van der Waals surface area (Å²) in [6.07, 6.45) is -4.21. The molecule has 0 saturated carbocycles. The number of benzene rings is 1. The SMILES string of the molecule is CCc1ccc(C2OC(O)C(F)(F)C2(F)F)cc1. The van der Waals surface area contributed by atoms with Crippen LogP contribution in [0.2, 0.25) is 0 Å². The Morgan fingerprint density at radius 3 is 2.06 bits per heavy atom. The monoisotopic (exact) mass is 264 g/mol. The molecule has 1 saturated heterocycles. The molecule has 6 heteroatoms. The van der Waals surface area contributed by atoms with E-state index in [1.54, 1.807) is 12.1 Å². The Hall–Kier alpha value is -1.14. The Kier molecular flexibility index (Phi) is 3.11. The summed E-state index contributed by atoms with van der Waals surface area (Å²) in [5, 5.41) is 8.87. The molecule has 0 bridgehead atoms. The van der Waals surface area contributed by atoms with Gasteiger partial charge in [0.25, 0.3) is 0 Å². The summed E-state index contributed by atoms with van der Waals surface area (Å²) in [6, 6.07) is 5.76. The Labute approximate surface area is 101 Å². The lowest BCUT2D eigenvalue weighted by Gasteiger charge is -2.21. The second kappa shape index (κ2) is 4.20. The molecule has 2 unspecified atom stereocenters. The molecule has 100 valence electrons. The van der Waals surface area contributed by atoms with Crippen molar-refractivity contribution in [2.24, 2.45) is 0 Å². The number of rotatable bonds is 2. The van der Waals surface area contributed by atoms with Gasteiger partial charge >= 0.3 is 11.8 Å². The highest BCUT2D eigenvalue weighted by Gasteiger charge is 2.72. The van der Waals surface area contributed by atoms with Gasteiger partial charge in [0.2, 0.25) is 6.29 Å². The molecule has 1 aliphatic rings. The number of aliphatic hydroxyl groups excluding tert-OH is 1. The van der Waals surface area contributed by atoms with Crippen molar-refractivity contribution in [3.63, 3.8) is 0 Å². The van der Waals surface area contributed by atoms with Crippen molar-refractivity contribution in [3.8, 4) is 0 Å². The van der Waals surface area contributed by atoms with Crippen molar-refractivity contribution in [1.82, 2.24) is 0 Å². The van der Waals surface area contributed by atoms with Crippen molar-refractivity contribution in [2.75, 3.05) is 0 Å². The maximum atomic E-state index is 13.5. The van der Waals surface area contributed by atoms with Gasteiger partial charge in [-0.1, -0.05) is 31.2 Å². The summed E-state index contributed by atoms with van der Waals surface area (Å²) >= 11 is 0. The molecule has 2 atom stereocenters. The van der Waals surface area contributed by atoms with Crippen LogP contribution in [0.25, 0.3) is 0 Å². The molecule has 2 nitrogen and oxygen atoms in total. The number of aliphatic hydroxyl groups is 1. The zero-order valence-electron chi connectivity index (χ0n) is 9.54. The van der Waals surface area contributed by atoms with Crippen LogP contribution in [0, 0.1) is 0 Å². The van der Waals surface area contributed by atoms with Gasteiger partial charge in [0.15, 0.2) is 6.10 Å². The molecule has 1 aromatic carbocycles. The zero-order chi connectivity index (χ0) is 13.6. The first-order valence-electron chi connectivity index (χ1n) is 5.48. The minimum absolute atomic E-state index is 0.0755. The van der Waals surface area contributed by atoms with Crippen LogP contribution in [0.15, 0.2) is 24.3 Å². The molecule has 0 amide bonds. The first-order chi connectivity index (χ1) is 8.30. The van der Waals surface area contributed by atoms with Gasteiger partial charge in [-0.25, -0.2) is 0 Å². The Morgan fingerprint density at radius 1 is 1.11 bits per heavy atom. The first kappa shape index (κ1) is 13.3. The molecular weight excluding hydrogens is 252 g/mol. The predicted molar refractivity (Wildman–Crippen MR) is 55.5 cm³/mol. The van der Waals surface area contributed by atoms with Crippen LogP contribution in [0.3, 0.4) is 0 Å². The van der Waals surface area contributed by atoms with E-state index >= 15 is 0 Å². The molecule has 1 aliphatic heterocycles. The van der Waals surface area contributed by atoms with Gasteiger partial charge in [-0.2, -0.15) is 17.6 Å². The highest BCUT2D eigenvalue weighted by Crippen LogP contribution is 2.53. The van der Waals surface area contributed by atoms with Gasteiger partial charge in [0, 0.05) is 0 Å². The Morgan fingerprint density at radius 2 is 1.67 bits per heavy atom. The van der Waals surface area contributed by atoms with E-state index < -0.39 is 24.2 Å². The minimum atomic E-state index is -4.58. The molecular formula is C12H12F4O2. The molecule has 1 N–H and O–H groups in total. The summed E-state index contributed by atoms with van der Waals surface area (Å²) < 4.78 is 57.4. The molecule has 2 rings (SSSR count). The molecule has 0 aliphatic carbocycles. The average molecular weight is 264 g/mol. The third-order valence-electron chi connectivity index (χ3n) is 3.04. The smallest absolute Gasteiger partial charge is 0.362 e. The number of ether oxygens (including phenoxy) is 1. The van der Waals surface area contributed by atoms with E-state index in [9.17, 15) is 17.6 Å². The Balaban J connectivity index is 2.34. The van der Waals surface area contributed by atoms with Gasteiger partial charge in [-0.3, -0.25) is 0 Å². The Bertz CT molecular complexity index is 430. The lowest BCUT2D eigenvalue weighted by Crippen LogP contribution is -2.44. The molecule has 0 aromatic heterocycles. The van der Waals surface area contributed by atoms with Crippen molar-refractivity contribution >= 4 is 0 Å². The predicted octanol–water partition coefficient (Wildman–Crippen LogP) is 2.91. The second-order valence-corrected chi connectivity index (χ2v) is 4.21. The standard InChI is InChI=1S/C12H12F4O2/c1-2-7-3-5-8(6-4-7)9-11(13,14)12(15,16)10(17)18-9/h3-6,9-10,17H,2H2,1H3. The molecule has 0 spiro atoms. The van der Waals surface area contributed by atoms with Crippen molar-refractivity contribution in [3.05, 3.63) is 35.4 Å². The lowest BCUT2D eigenvalue weighted by molar-refractivity contribution is -0.234. The fourth-order valence-corrected chi connectivity index (χ4v) is 1.86. The molecule has 1 heterocycles. The van der Waals surface area contributed by atoms with Crippen molar-refractivity contribution < 1.29 is 27.4 Å². The third-order valence-corrected chi connectivity index (χ3v) is 3.04. The normalized spacial score (nSPS) is 29.4. The third kappa shape index (κ3) is 1.80. The van der Waals surface area contributed by atoms with Gasteiger partial charge in [-0.15, -0.1) is 0 Å². The van der Waals surface area contributed by atoms with E-state index in [-0.39, 0.29) is 5.56 Å². The zero-order valence-corrected chi connectivity index (χ0v) is 9.54. The van der Waals surface area contributed by atoms with Crippen LogP contribution in [-0.4, -0.2) is 23.2 Å². The quantitative estimate of drug-likeness (QED) is 0.832. The number of alkyl halides is 4. The van der Waals surface area contributed by atoms with Crippen molar-refractivity contribution in [2.45, 2.75) is 37.6 Å². The van der Waals surface area contributed by atoms with Crippen LogP contribution in [-0.2, 0) is 11.2 Å². The summed E-state index contributed by atoms with van der Waals surface area (Å²) in [4.78, 5) is 0. The number of aryl methyl sites for hydroxylation is 1. The largest absolute Gasteiger partial charge is 0.363 e. The number of halogens is 4. The fraction of sp³-hybridized carbons (Fsp3) is 0.500. The van der Waals surface area contributed by atoms with Crippen molar-refractivity contribution in [1.29, 1.82) is 0 Å². The van der Waals surface area contributed by atoms with E-state index in [4.69, 9.17) is 5.11 Å². The number of hydrogen-bond acceptors (Lipinski definition) is 2. The fourth-order valence-electron chi connectivity index (χ4n) is 1.86. The maximum absolute atomic E-state index is 13.5. The van der Waals surface area contributed by atoms with E-state index in [1.165, 1.54) is 12.1 Å². The van der Waals surface area contributed by atoms with Gasteiger partial charge in [-0.05, 0) is 17.5 Å². The molecule has 0 radical (unpaired) electrons. The van der Waals surface area contributed by atoms with Gasteiger partial charge in [0.05, 0.1) is 0 Å². The molecule has 1 fully saturated rings. The average Bonchev–Trinajstić information content (AvgIpc) is 2.49. The number of hydrogen-bond donors (Lipinski definition) is 1. The molecule has 18 heavy (non-hydrogen) atoms. The highest BCUT2D eigenvalue weighted by atomic mass is 19.3. The van der Waals surface area contributed by atoms with Crippen LogP contribution < -0.4 is 0 Å². The summed E-state index contributed by atoms with van der Waals surface area (Å²) in [5.41, 5.74) is 0.820. The van der Waals surface area contributed by atoms with Crippen LogP contribution in [0.1, 0.15) is 24.2 Å². The van der Waals surface area contributed by atoms with E-state index in [1.807, 2.05) is 6.92 Å².